The summed E-state index contributed by atoms with van der Waals surface area (Å²) in [4.78, 5) is 18.8. The van der Waals surface area contributed by atoms with E-state index in [2.05, 4.69) is 0 Å². The highest BCUT2D eigenvalue weighted by molar-refractivity contribution is 5.94. The zero-order chi connectivity index (χ0) is 29.0. The minimum atomic E-state index is 0.357. The molecule has 5 heterocycles. The van der Waals surface area contributed by atoms with E-state index in [-0.39, 0.29) is 0 Å². The van der Waals surface area contributed by atoms with Gasteiger partial charge in [0, 0.05) is 35.0 Å². The molecule has 8 nitrogen and oxygen atoms in total. The Kier molecular flexibility index (Phi) is 5.33. The lowest BCUT2D eigenvalue weighted by Crippen LogP contribution is -1.85. The van der Waals surface area contributed by atoms with Crippen molar-refractivity contribution >= 4 is 88.8 Å². The second-order valence-electron chi connectivity index (χ2n) is 10.4. The summed E-state index contributed by atoms with van der Waals surface area (Å²) in [6, 6.07) is 38.5. The number of hydrogen-bond acceptors (Lipinski definition) is 8. The molecule has 8 heteroatoms. The summed E-state index contributed by atoms with van der Waals surface area (Å²) in [5, 5.41) is 5.64. The van der Waals surface area contributed by atoms with Crippen molar-refractivity contribution in [3.8, 4) is 0 Å². The van der Waals surface area contributed by atoms with Gasteiger partial charge in [-0.15, -0.1) is 0 Å². The summed E-state index contributed by atoms with van der Waals surface area (Å²) in [5.74, 6) is 0. The van der Waals surface area contributed by atoms with Gasteiger partial charge in [-0.2, -0.15) is 19.9 Å². The summed E-state index contributed by atoms with van der Waals surface area (Å²) in [5.41, 5.74) is 4.30. The molecule has 0 aliphatic carbocycles. The molecular formula is C36H20N4O4. The van der Waals surface area contributed by atoms with Gasteiger partial charge >= 0.3 is 0 Å². The van der Waals surface area contributed by atoms with Gasteiger partial charge in [0.25, 0.3) is 0 Å². The van der Waals surface area contributed by atoms with Crippen LogP contribution in [0.15, 0.2) is 139 Å². The van der Waals surface area contributed by atoms with Gasteiger partial charge in [-0.25, -0.2) is 0 Å². The van der Waals surface area contributed by atoms with Crippen molar-refractivity contribution in [2.45, 2.75) is 0 Å². The fraction of sp³-hybridized carbons (Fsp3) is 0. The van der Waals surface area contributed by atoms with Crippen LogP contribution in [0.4, 0.5) is 0 Å². The standard InChI is InChI=1S/C36H20N4O4/c1-2-6-24-18-28-27(17-23(24)5-1)41-31-13-9-21-11-15-33(39-35(21)37-31)43-29-19-25-7-3-4-8-26(25)20-30(29)44-34-16-12-22-10-14-32(42-28)38-36(22)40-34/h1-20H. The maximum absolute atomic E-state index is 6.34. The average molecular weight is 573 g/mol. The summed E-state index contributed by atoms with van der Waals surface area (Å²) in [6.07, 6.45) is 0. The van der Waals surface area contributed by atoms with Gasteiger partial charge in [0.1, 0.15) is 0 Å². The molecular weight excluding hydrogens is 552 g/mol. The molecule has 44 heavy (non-hydrogen) atoms. The Hall–Kier alpha value is -6.28. The largest absolute Gasteiger partial charge is 0.435 e. The normalized spacial score (nSPS) is 11.6. The third-order valence-electron chi connectivity index (χ3n) is 7.48. The minimum Gasteiger partial charge on any atom is -0.435 e. The minimum absolute atomic E-state index is 0.357. The van der Waals surface area contributed by atoms with E-state index in [1.54, 1.807) is 24.3 Å². The highest BCUT2D eigenvalue weighted by Crippen LogP contribution is 2.26. The molecule has 0 aliphatic heterocycles. The molecule has 9 aromatic rings. The fourth-order valence-corrected chi connectivity index (χ4v) is 5.32. The van der Waals surface area contributed by atoms with Crippen molar-refractivity contribution in [2.24, 2.45) is 0 Å². The Balaban J connectivity index is 1.46. The van der Waals surface area contributed by atoms with Gasteiger partial charge in [0.2, 0.25) is 22.9 Å². The Labute approximate surface area is 247 Å². The zero-order valence-corrected chi connectivity index (χ0v) is 23.0. The Morgan fingerprint density at radius 1 is 0.295 bits per heavy atom. The maximum atomic E-state index is 6.34. The second kappa shape index (κ2) is 9.64. The predicted molar refractivity (Wildman–Crippen MR) is 171 cm³/mol. The second-order valence-corrected chi connectivity index (χ2v) is 10.4. The lowest BCUT2D eigenvalue weighted by Gasteiger charge is -2.02. The highest BCUT2D eigenvalue weighted by atomic mass is 16.4. The molecule has 0 amide bonds. The van der Waals surface area contributed by atoms with Crippen LogP contribution in [0, 0.1) is 0 Å². The zero-order valence-electron chi connectivity index (χ0n) is 23.0. The van der Waals surface area contributed by atoms with E-state index in [9.17, 15) is 0 Å². The topological polar surface area (TPSA) is 104 Å². The smallest absolute Gasteiger partial charge is 0.221 e. The predicted octanol–water partition coefficient (Wildman–Crippen LogP) is 9.68. The van der Waals surface area contributed by atoms with Gasteiger partial charge in [-0.3, -0.25) is 0 Å². The molecule has 0 radical (unpaired) electrons. The van der Waals surface area contributed by atoms with E-state index in [1.165, 1.54) is 0 Å². The quantitative estimate of drug-likeness (QED) is 0.177. The molecule has 0 spiro atoms. The van der Waals surface area contributed by atoms with Crippen molar-refractivity contribution in [1.29, 1.82) is 0 Å². The van der Waals surface area contributed by atoms with Crippen LogP contribution in [-0.2, 0) is 0 Å². The van der Waals surface area contributed by atoms with Crippen LogP contribution in [0.25, 0.3) is 88.8 Å². The van der Waals surface area contributed by atoms with E-state index >= 15 is 0 Å². The third-order valence-corrected chi connectivity index (χ3v) is 7.48. The van der Waals surface area contributed by atoms with Crippen LogP contribution in [0.1, 0.15) is 0 Å². The lowest BCUT2D eigenvalue weighted by atomic mass is 10.1. The highest BCUT2D eigenvalue weighted by Gasteiger charge is 2.06. The molecule has 0 aliphatic rings. The molecule has 4 aromatic carbocycles. The first-order chi connectivity index (χ1) is 21.7. The number of rotatable bonds is 0. The number of nitrogens with zero attached hydrogens (tertiary/aromatic N) is 4. The van der Waals surface area contributed by atoms with Crippen LogP contribution < -0.4 is 0 Å². The number of aromatic nitrogens is 4. The summed E-state index contributed by atoms with van der Waals surface area (Å²) >= 11 is 0. The number of fused-ring (bicyclic) bond motifs is 8. The molecule has 5 aromatic heterocycles. The van der Waals surface area contributed by atoms with Gasteiger partial charge in [-0.05, 0) is 70.1 Å². The first-order valence-corrected chi connectivity index (χ1v) is 14.0. The van der Waals surface area contributed by atoms with Crippen molar-refractivity contribution < 1.29 is 17.7 Å². The van der Waals surface area contributed by atoms with E-state index in [1.807, 2.05) is 97.1 Å². The first-order valence-electron chi connectivity index (χ1n) is 14.0. The molecule has 208 valence electrons. The van der Waals surface area contributed by atoms with Crippen LogP contribution in [0.3, 0.4) is 0 Å². The van der Waals surface area contributed by atoms with Gasteiger partial charge in [0.15, 0.2) is 33.6 Å². The summed E-state index contributed by atoms with van der Waals surface area (Å²) < 4.78 is 25.4. The Morgan fingerprint density at radius 2 is 0.568 bits per heavy atom. The third kappa shape index (κ3) is 4.33. The lowest BCUT2D eigenvalue weighted by molar-refractivity contribution is 0.601. The van der Waals surface area contributed by atoms with Crippen molar-refractivity contribution in [3.63, 3.8) is 0 Å². The number of benzene rings is 4. The molecule has 0 fully saturated rings. The molecule has 9 rings (SSSR count). The number of hydrogen-bond donors (Lipinski definition) is 0. The number of pyridine rings is 4. The van der Waals surface area contributed by atoms with Crippen molar-refractivity contribution in [2.75, 3.05) is 0 Å². The Bertz CT molecular complexity index is 2380. The molecule has 0 N–H and O–H groups in total. The Morgan fingerprint density at radius 3 is 0.841 bits per heavy atom. The molecule has 0 unspecified atom stereocenters. The van der Waals surface area contributed by atoms with Crippen LogP contribution >= 0.6 is 0 Å². The van der Waals surface area contributed by atoms with Crippen molar-refractivity contribution in [3.05, 3.63) is 121 Å². The molecule has 0 atom stereocenters. The van der Waals surface area contributed by atoms with Crippen LogP contribution in [-0.4, -0.2) is 19.9 Å². The van der Waals surface area contributed by atoms with Crippen LogP contribution in [0.5, 0.6) is 0 Å². The van der Waals surface area contributed by atoms with E-state index in [4.69, 9.17) is 37.6 Å². The first kappa shape index (κ1) is 24.3. The van der Waals surface area contributed by atoms with E-state index in [0.717, 1.165) is 32.3 Å². The fourth-order valence-electron chi connectivity index (χ4n) is 5.32. The monoisotopic (exact) mass is 572 g/mol. The molecule has 0 saturated carbocycles. The average Bonchev–Trinajstić information content (AvgIpc) is 3.04. The molecule has 0 saturated heterocycles. The van der Waals surface area contributed by atoms with Gasteiger partial charge in [-0.1, -0.05) is 48.5 Å². The maximum Gasteiger partial charge on any atom is 0.221 e. The van der Waals surface area contributed by atoms with E-state index in [0.29, 0.717) is 56.5 Å². The van der Waals surface area contributed by atoms with Gasteiger partial charge < -0.3 is 17.7 Å². The van der Waals surface area contributed by atoms with Crippen LogP contribution in [0.2, 0.25) is 0 Å². The molecule has 6 bridgehead atoms. The van der Waals surface area contributed by atoms with E-state index < -0.39 is 0 Å². The van der Waals surface area contributed by atoms with Crippen molar-refractivity contribution in [1.82, 2.24) is 19.9 Å². The SMILES string of the molecule is c1ccc2cc3oc4ccc5ccc(nc5n4)oc4cc5ccccc5cc4oc4ccc5ccc(nc5n4)oc3cc2c1. The van der Waals surface area contributed by atoms with Gasteiger partial charge in [0.05, 0.1) is 0 Å². The summed E-state index contributed by atoms with van der Waals surface area (Å²) in [6.45, 7) is 0. The summed E-state index contributed by atoms with van der Waals surface area (Å²) in [7, 11) is 0.